The van der Waals surface area contributed by atoms with Gasteiger partial charge in [-0.1, -0.05) is 0 Å². The highest BCUT2D eigenvalue weighted by Crippen LogP contribution is 2.72. The quantitative estimate of drug-likeness (QED) is 0.825. The Morgan fingerprint density at radius 1 is 1.35 bits per heavy atom. The van der Waals surface area contributed by atoms with E-state index in [0.29, 0.717) is 18.3 Å². The van der Waals surface area contributed by atoms with Crippen LogP contribution in [0.4, 0.5) is 5.82 Å². The average Bonchev–Trinajstić information content (AvgIpc) is 2.63. The second kappa shape index (κ2) is 3.25. The van der Waals surface area contributed by atoms with E-state index < -0.39 is 0 Å². The van der Waals surface area contributed by atoms with E-state index in [0.717, 1.165) is 23.7 Å². The van der Waals surface area contributed by atoms with Crippen LogP contribution in [-0.2, 0) is 6.54 Å². The zero-order chi connectivity index (χ0) is 11.6. The highest BCUT2D eigenvalue weighted by molar-refractivity contribution is 5.37. The van der Waals surface area contributed by atoms with E-state index in [9.17, 15) is 0 Å². The fraction of sp³-hybridized carbons (Fsp3) is 0.769. The highest BCUT2D eigenvalue weighted by Gasteiger charge is 2.65. The normalized spacial score (nSPS) is 41.8. The maximum atomic E-state index is 8.95. The number of aromatic nitrogens is 2. The van der Waals surface area contributed by atoms with E-state index in [1.54, 1.807) is 4.68 Å². The number of anilines is 1. The Kier molecular flexibility index (Phi) is 1.90. The molecule has 3 fully saturated rings. The Hall–Kier alpha value is -1.03. The maximum absolute atomic E-state index is 8.95. The third-order valence-corrected chi connectivity index (χ3v) is 5.22. The predicted molar refractivity (Wildman–Crippen MR) is 64.3 cm³/mol. The second-order valence-corrected chi connectivity index (χ2v) is 5.95. The number of aliphatic hydroxyl groups excluding tert-OH is 1. The Morgan fingerprint density at radius 2 is 2.06 bits per heavy atom. The number of hydrogen-bond donors (Lipinski definition) is 2. The van der Waals surface area contributed by atoms with Gasteiger partial charge < -0.3 is 10.8 Å². The van der Waals surface area contributed by atoms with Crippen molar-refractivity contribution in [1.82, 2.24) is 9.78 Å². The summed E-state index contributed by atoms with van der Waals surface area (Å²) >= 11 is 0. The molecule has 17 heavy (non-hydrogen) atoms. The molecule has 4 atom stereocenters. The Balaban J connectivity index is 1.59. The molecule has 0 saturated heterocycles. The van der Waals surface area contributed by atoms with E-state index in [4.69, 9.17) is 10.8 Å². The number of nitrogens with two attached hydrogens (primary N) is 1. The summed E-state index contributed by atoms with van der Waals surface area (Å²) in [7, 11) is 0. The molecule has 92 valence electrons. The molecule has 0 amide bonds. The molecule has 2 bridgehead atoms. The van der Waals surface area contributed by atoms with Gasteiger partial charge in [0.25, 0.3) is 0 Å². The average molecular weight is 233 g/mol. The van der Waals surface area contributed by atoms with Crippen molar-refractivity contribution in [1.29, 1.82) is 0 Å². The van der Waals surface area contributed by atoms with Crippen LogP contribution >= 0.6 is 0 Å². The van der Waals surface area contributed by atoms with Crippen LogP contribution in [0.2, 0.25) is 0 Å². The molecule has 1 aromatic rings. The highest BCUT2D eigenvalue weighted by atomic mass is 16.3. The van der Waals surface area contributed by atoms with Crippen LogP contribution in [0.5, 0.6) is 0 Å². The van der Waals surface area contributed by atoms with E-state index in [1.165, 1.54) is 25.0 Å². The summed E-state index contributed by atoms with van der Waals surface area (Å²) in [6, 6.07) is 2.03. The Morgan fingerprint density at radius 3 is 2.71 bits per heavy atom. The molecule has 3 aliphatic carbocycles. The van der Waals surface area contributed by atoms with Gasteiger partial charge >= 0.3 is 0 Å². The molecule has 0 radical (unpaired) electrons. The molecule has 0 aliphatic heterocycles. The first kappa shape index (κ1) is 9.95. The van der Waals surface area contributed by atoms with Gasteiger partial charge in [0.2, 0.25) is 0 Å². The van der Waals surface area contributed by atoms with Crippen LogP contribution in [-0.4, -0.2) is 21.5 Å². The largest absolute Gasteiger partial charge is 0.394 e. The van der Waals surface area contributed by atoms with E-state index in [-0.39, 0.29) is 6.61 Å². The molecule has 3 saturated carbocycles. The van der Waals surface area contributed by atoms with Crippen LogP contribution in [0.25, 0.3) is 0 Å². The van der Waals surface area contributed by atoms with Crippen molar-refractivity contribution in [2.45, 2.75) is 31.7 Å². The lowest BCUT2D eigenvalue weighted by Crippen LogP contribution is -2.07. The summed E-state index contributed by atoms with van der Waals surface area (Å²) < 4.78 is 1.74. The first-order chi connectivity index (χ1) is 8.29. The van der Waals surface area contributed by atoms with Crippen LogP contribution in [0, 0.1) is 23.7 Å². The minimum absolute atomic E-state index is 0.105. The summed E-state index contributed by atoms with van der Waals surface area (Å²) in [5, 5.41) is 13.5. The van der Waals surface area contributed by atoms with E-state index >= 15 is 0 Å². The third-order valence-electron chi connectivity index (χ3n) is 5.22. The molecular weight excluding hydrogens is 214 g/mol. The summed E-state index contributed by atoms with van der Waals surface area (Å²) in [4.78, 5) is 0. The topological polar surface area (TPSA) is 64.1 Å². The van der Waals surface area contributed by atoms with Crippen LogP contribution < -0.4 is 5.73 Å². The lowest BCUT2D eigenvalue weighted by Gasteiger charge is -2.05. The van der Waals surface area contributed by atoms with Crippen molar-refractivity contribution < 1.29 is 5.11 Å². The Labute approximate surface area is 101 Å². The number of nitrogens with zero attached hydrogens (tertiary/aromatic N) is 2. The molecule has 3 aliphatic rings. The van der Waals surface area contributed by atoms with E-state index in [1.807, 2.05) is 6.07 Å². The second-order valence-electron chi connectivity index (χ2n) is 5.95. The molecule has 4 nitrogen and oxygen atoms in total. The van der Waals surface area contributed by atoms with Gasteiger partial charge in [0.15, 0.2) is 0 Å². The van der Waals surface area contributed by atoms with Crippen molar-refractivity contribution in [3.8, 4) is 0 Å². The molecule has 3 N–H and O–H groups in total. The number of nitrogen functional groups attached to an aromatic ring is 1. The van der Waals surface area contributed by atoms with Gasteiger partial charge in [-0.2, -0.15) is 5.10 Å². The first-order valence-electron chi connectivity index (χ1n) is 6.73. The lowest BCUT2D eigenvalue weighted by molar-refractivity contribution is 0.270. The van der Waals surface area contributed by atoms with Crippen molar-refractivity contribution in [2.75, 3.05) is 12.3 Å². The predicted octanol–water partition coefficient (Wildman–Crippen LogP) is 1.22. The van der Waals surface area contributed by atoms with Crippen molar-refractivity contribution >= 4 is 5.82 Å². The van der Waals surface area contributed by atoms with Crippen LogP contribution in [0.3, 0.4) is 0 Å². The Bertz CT molecular complexity index is 440. The summed E-state index contributed by atoms with van der Waals surface area (Å²) in [6.07, 6.45) is 4.35. The zero-order valence-corrected chi connectivity index (χ0v) is 9.92. The molecule has 4 unspecified atom stereocenters. The fourth-order valence-electron chi connectivity index (χ4n) is 4.61. The molecule has 4 rings (SSSR count). The summed E-state index contributed by atoms with van der Waals surface area (Å²) in [5.41, 5.74) is 7.10. The van der Waals surface area contributed by atoms with Gasteiger partial charge in [-0.25, -0.2) is 4.68 Å². The van der Waals surface area contributed by atoms with Crippen LogP contribution in [0.1, 0.15) is 30.9 Å². The smallest absolute Gasteiger partial charge is 0.122 e. The van der Waals surface area contributed by atoms with Crippen molar-refractivity contribution in [3.63, 3.8) is 0 Å². The van der Waals surface area contributed by atoms with Crippen molar-refractivity contribution in [3.05, 3.63) is 11.8 Å². The van der Waals surface area contributed by atoms with Gasteiger partial charge in [0.1, 0.15) is 5.82 Å². The van der Waals surface area contributed by atoms with Gasteiger partial charge in [-0.05, 0) is 42.9 Å². The number of fused-ring (bicyclic) bond motifs is 5. The fourth-order valence-corrected chi connectivity index (χ4v) is 4.61. The first-order valence-corrected chi connectivity index (χ1v) is 6.73. The molecule has 0 aromatic carbocycles. The summed E-state index contributed by atoms with van der Waals surface area (Å²) in [5.74, 6) is 5.14. The maximum Gasteiger partial charge on any atom is 0.122 e. The molecule has 0 spiro atoms. The third kappa shape index (κ3) is 1.25. The van der Waals surface area contributed by atoms with Crippen LogP contribution in [0.15, 0.2) is 6.07 Å². The van der Waals surface area contributed by atoms with Gasteiger partial charge in [-0.3, -0.25) is 0 Å². The molecule has 1 heterocycles. The molecule has 1 aromatic heterocycles. The SMILES string of the molecule is Nc1cc(C2C3C4CCC(C4)C23)nn1CCO. The molecule has 4 heteroatoms. The van der Waals surface area contributed by atoms with Crippen molar-refractivity contribution in [2.24, 2.45) is 23.7 Å². The summed E-state index contributed by atoms with van der Waals surface area (Å²) in [6.45, 7) is 0.620. The van der Waals surface area contributed by atoms with Gasteiger partial charge in [0, 0.05) is 12.0 Å². The monoisotopic (exact) mass is 233 g/mol. The minimum Gasteiger partial charge on any atom is -0.394 e. The zero-order valence-electron chi connectivity index (χ0n) is 9.92. The standard InChI is InChI=1S/C13H19N3O/c14-10-6-9(15-16(10)3-4-17)13-11-7-1-2-8(5-7)12(11)13/h6-8,11-13,17H,1-5,14H2. The van der Waals surface area contributed by atoms with E-state index in [2.05, 4.69) is 5.10 Å². The number of hydrogen-bond acceptors (Lipinski definition) is 3. The van der Waals surface area contributed by atoms with Gasteiger partial charge in [-0.15, -0.1) is 0 Å². The number of aliphatic hydroxyl groups is 1. The molecular formula is C13H19N3O. The minimum atomic E-state index is 0.105. The van der Waals surface area contributed by atoms with Gasteiger partial charge in [0.05, 0.1) is 18.8 Å². The lowest BCUT2D eigenvalue weighted by atomic mass is 10.0. The number of rotatable bonds is 3.